The highest BCUT2D eigenvalue weighted by molar-refractivity contribution is 6.89. The zero-order valence-electron chi connectivity index (χ0n) is 16.0. The van der Waals surface area contributed by atoms with Crippen LogP contribution in [0.4, 0.5) is 0 Å². The van der Waals surface area contributed by atoms with Gasteiger partial charge in [0.1, 0.15) is 0 Å². The Labute approximate surface area is 147 Å². The van der Waals surface area contributed by atoms with Gasteiger partial charge in [-0.1, -0.05) is 63.2 Å². The highest BCUT2D eigenvalue weighted by Gasteiger charge is 2.09. The summed E-state index contributed by atoms with van der Waals surface area (Å²) >= 11 is 0. The first-order valence-electron chi connectivity index (χ1n) is 9.13. The zero-order valence-corrected chi connectivity index (χ0v) is 16.0. The molecule has 0 atom stereocenters. The van der Waals surface area contributed by atoms with Crippen LogP contribution in [-0.2, 0) is 0 Å². The molecule has 2 aromatic carbocycles. The Hall–Kier alpha value is -1.85. The van der Waals surface area contributed by atoms with E-state index in [-0.39, 0.29) is 6.35 Å². The van der Waals surface area contributed by atoms with E-state index in [4.69, 9.17) is 0 Å². The van der Waals surface area contributed by atoms with E-state index in [9.17, 15) is 0 Å². The van der Waals surface area contributed by atoms with Gasteiger partial charge in [-0.2, -0.15) is 0 Å². The van der Waals surface area contributed by atoms with Crippen LogP contribution < -0.4 is 10.9 Å². The van der Waals surface area contributed by atoms with Crippen LogP contribution in [0.3, 0.4) is 0 Å². The van der Waals surface area contributed by atoms with Crippen molar-refractivity contribution in [3.63, 3.8) is 0 Å². The van der Waals surface area contributed by atoms with E-state index in [1.54, 1.807) is 0 Å². The van der Waals surface area contributed by atoms with Gasteiger partial charge < -0.3 is 5.62 Å². The van der Waals surface area contributed by atoms with Crippen molar-refractivity contribution in [2.75, 3.05) is 0 Å². The molecule has 0 aromatic heterocycles. The molecular weight excluding hydrogens is 287 g/mol. The highest BCUT2D eigenvalue weighted by atomic mass is 14.1. The summed E-state index contributed by atoms with van der Waals surface area (Å²) in [6, 6.07) is 9.28. The van der Waals surface area contributed by atoms with Crippen LogP contribution >= 0.6 is 0 Å². The van der Waals surface area contributed by atoms with E-state index in [0.29, 0.717) is 0 Å². The Morgan fingerprint density at radius 1 is 0.667 bits per heavy atom. The summed E-state index contributed by atoms with van der Waals surface area (Å²) in [4.78, 5) is 0. The Morgan fingerprint density at radius 3 is 1.33 bits per heavy atom. The predicted molar refractivity (Wildman–Crippen MR) is 109 cm³/mol. The molecule has 0 N–H and O–H groups in total. The van der Waals surface area contributed by atoms with Crippen LogP contribution in [0.2, 0.25) is 0 Å². The van der Waals surface area contributed by atoms with Crippen LogP contribution in [0.5, 0.6) is 0 Å². The highest BCUT2D eigenvalue weighted by Crippen LogP contribution is 2.22. The topological polar surface area (TPSA) is 0 Å². The standard InChI is InChI=1S/C23H28B/c1-15-10-17(3)22(18(4)11-15)24(14-21-8-7-9-21)23-19(5)12-16(2)13-20(23)6/h10-13H,7-9H2,1-6H3/q-1. The number of hydrogen-bond acceptors (Lipinski definition) is 0. The lowest BCUT2D eigenvalue weighted by molar-refractivity contribution is 0.675. The molecule has 1 heteroatoms. The van der Waals surface area contributed by atoms with Crippen molar-refractivity contribution in [3.05, 3.63) is 63.2 Å². The maximum atomic E-state index is 3.90. The van der Waals surface area contributed by atoms with Crippen molar-refractivity contribution in [2.24, 2.45) is 0 Å². The molecule has 3 rings (SSSR count). The van der Waals surface area contributed by atoms with Gasteiger partial charge >= 0.3 is 0 Å². The molecule has 0 bridgehead atoms. The molecule has 0 saturated heterocycles. The number of rotatable bonds is 2. The van der Waals surface area contributed by atoms with Crippen LogP contribution in [0.15, 0.2) is 29.8 Å². The number of hydrogen-bond donors (Lipinski definition) is 0. The second kappa shape index (κ2) is 6.57. The van der Waals surface area contributed by atoms with Crippen molar-refractivity contribution in [1.29, 1.82) is 0 Å². The van der Waals surface area contributed by atoms with Gasteiger partial charge in [0.05, 0.1) is 0 Å². The summed E-state index contributed by atoms with van der Waals surface area (Å²) in [5, 5.41) is 0. The van der Waals surface area contributed by atoms with Crippen LogP contribution in [0.1, 0.15) is 52.6 Å². The van der Waals surface area contributed by atoms with Gasteiger partial charge in [0.15, 0.2) is 0 Å². The lowest BCUT2D eigenvalue weighted by atomic mass is 9.47. The molecule has 1 saturated carbocycles. The second-order valence-corrected chi connectivity index (χ2v) is 7.66. The zero-order chi connectivity index (χ0) is 17.4. The fourth-order valence-corrected chi connectivity index (χ4v) is 4.28. The van der Waals surface area contributed by atoms with Crippen molar-refractivity contribution >= 4 is 22.9 Å². The lowest BCUT2D eigenvalue weighted by Crippen LogP contribution is -2.42. The second-order valence-electron chi connectivity index (χ2n) is 7.66. The predicted octanol–water partition coefficient (Wildman–Crippen LogP) is 4.24. The number of benzene rings is 2. The first kappa shape index (κ1) is 17.0. The minimum atomic E-state index is 0.265. The number of allylic oxidation sites excluding steroid dienone is 1. The third-order valence-electron chi connectivity index (χ3n) is 5.36. The molecule has 0 spiro atoms. The Kier molecular flexibility index (Phi) is 4.65. The summed E-state index contributed by atoms with van der Waals surface area (Å²) in [7, 11) is 0. The van der Waals surface area contributed by atoms with E-state index < -0.39 is 0 Å². The average Bonchev–Trinajstić information content (AvgIpc) is 2.39. The van der Waals surface area contributed by atoms with Crippen molar-refractivity contribution < 1.29 is 0 Å². The molecule has 0 aliphatic heterocycles. The summed E-state index contributed by atoms with van der Waals surface area (Å²) in [5.74, 6) is 0. The largest absolute Gasteiger partial charge is 0.372 e. The summed E-state index contributed by atoms with van der Waals surface area (Å²) < 4.78 is 0. The average molecular weight is 315 g/mol. The Bertz CT molecular complexity index is 765. The Balaban J connectivity index is 2.35. The smallest absolute Gasteiger partial charge is 0.0280 e. The van der Waals surface area contributed by atoms with Gasteiger partial charge in [0.25, 0.3) is 0 Å². The van der Waals surface area contributed by atoms with E-state index in [1.165, 1.54) is 69.1 Å². The minimum absolute atomic E-state index is 0.265. The van der Waals surface area contributed by atoms with Crippen molar-refractivity contribution in [1.82, 2.24) is 0 Å². The summed E-state index contributed by atoms with van der Waals surface area (Å²) in [6.07, 6.45) is 4.04. The maximum Gasteiger partial charge on any atom is -0.0280 e. The maximum absolute atomic E-state index is 3.90. The van der Waals surface area contributed by atoms with Crippen molar-refractivity contribution in [2.45, 2.75) is 60.8 Å². The molecule has 1 aliphatic carbocycles. The van der Waals surface area contributed by atoms with E-state index in [1.807, 2.05) is 0 Å². The molecule has 0 unspecified atom stereocenters. The molecule has 0 heterocycles. The molecule has 0 radical (unpaired) electrons. The molecule has 2 aromatic rings. The fourth-order valence-electron chi connectivity index (χ4n) is 4.28. The number of aryl methyl sites for hydroxylation is 6. The monoisotopic (exact) mass is 315 g/mol. The fraction of sp³-hybridized carbons (Fsp3) is 0.391. The third kappa shape index (κ3) is 3.19. The molecule has 24 heavy (non-hydrogen) atoms. The van der Waals surface area contributed by atoms with Crippen LogP contribution in [0, 0.1) is 41.5 Å². The van der Waals surface area contributed by atoms with E-state index in [2.05, 4.69) is 71.4 Å². The molecule has 0 nitrogen and oxygen atoms in total. The van der Waals surface area contributed by atoms with Gasteiger partial charge in [0, 0.05) is 0 Å². The van der Waals surface area contributed by atoms with Gasteiger partial charge in [-0.15, -0.1) is 0 Å². The van der Waals surface area contributed by atoms with Gasteiger partial charge in [-0.05, 0) is 67.2 Å². The first-order valence-corrected chi connectivity index (χ1v) is 9.13. The van der Waals surface area contributed by atoms with Crippen LogP contribution in [0.25, 0.3) is 0 Å². The van der Waals surface area contributed by atoms with E-state index >= 15 is 0 Å². The van der Waals surface area contributed by atoms with Gasteiger partial charge in [-0.25, -0.2) is 10.9 Å². The van der Waals surface area contributed by atoms with E-state index in [0.717, 1.165) is 0 Å². The minimum Gasteiger partial charge on any atom is -0.372 e. The third-order valence-corrected chi connectivity index (χ3v) is 5.36. The summed E-state index contributed by atoms with van der Waals surface area (Å²) in [5.41, 5.74) is 16.6. The van der Waals surface area contributed by atoms with Crippen LogP contribution in [-0.4, -0.2) is 12.0 Å². The Morgan fingerprint density at radius 2 is 1.04 bits per heavy atom. The lowest BCUT2D eigenvalue weighted by Gasteiger charge is -2.29. The molecule has 124 valence electrons. The molecular formula is C23H28B-. The SMILES string of the molecule is Cc1cc(C)c([B-](=C=C2CCC2)c2c(C)cc(C)cc2C)c(C)c1. The molecule has 1 fully saturated rings. The summed E-state index contributed by atoms with van der Waals surface area (Å²) in [6.45, 7) is 13.4. The van der Waals surface area contributed by atoms with Crippen molar-refractivity contribution in [3.8, 4) is 0 Å². The first-order chi connectivity index (χ1) is 11.4. The molecule has 0 amide bonds. The van der Waals surface area contributed by atoms with Gasteiger partial charge in [-0.3, -0.25) is 0 Å². The molecule has 1 aliphatic rings. The van der Waals surface area contributed by atoms with Gasteiger partial charge in [0.2, 0.25) is 0 Å². The quantitative estimate of drug-likeness (QED) is 0.727. The normalized spacial score (nSPS) is 13.5.